The van der Waals surface area contributed by atoms with Gasteiger partial charge in [0.25, 0.3) is 0 Å². The normalized spacial score (nSPS) is 14.0. The molecular weight excluding hydrogens is 133 g/mol. The summed E-state index contributed by atoms with van der Waals surface area (Å²) in [6.07, 6.45) is -4.30. The van der Waals surface area contributed by atoms with Crippen molar-refractivity contribution in [2.24, 2.45) is 5.41 Å². The van der Waals surface area contributed by atoms with E-state index in [1.54, 1.807) is 0 Å². The third-order valence-electron chi connectivity index (χ3n) is 1.16. The van der Waals surface area contributed by atoms with Gasteiger partial charge < -0.3 is 5.11 Å². The maximum Gasteiger partial charge on any atom is 0.396 e. The molecule has 0 aromatic heterocycles. The third-order valence-corrected chi connectivity index (χ3v) is 1.16. The van der Waals surface area contributed by atoms with Crippen LogP contribution >= 0.6 is 0 Å². The van der Waals surface area contributed by atoms with Gasteiger partial charge in [-0.05, 0) is 13.8 Å². The third kappa shape index (κ3) is 1.86. The summed E-state index contributed by atoms with van der Waals surface area (Å²) >= 11 is 0. The topological polar surface area (TPSA) is 20.2 Å². The van der Waals surface area contributed by atoms with Crippen LogP contribution in [0.3, 0.4) is 0 Å². The molecule has 0 aromatic carbocycles. The van der Waals surface area contributed by atoms with Crippen LogP contribution in [0.15, 0.2) is 0 Å². The van der Waals surface area contributed by atoms with Crippen molar-refractivity contribution in [3.05, 3.63) is 0 Å². The van der Waals surface area contributed by atoms with E-state index in [2.05, 4.69) is 0 Å². The fraction of sp³-hybridized carbons (Fsp3) is 1.00. The number of alkyl halides is 3. The van der Waals surface area contributed by atoms with Gasteiger partial charge in [-0.25, -0.2) is 0 Å². The van der Waals surface area contributed by atoms with Crippen LogP contribution in [0.4, 0.5) is 13.2 Å². The summed E-state index contributed by atoms with van der Waals surface area (Å²) in [7, 11) is 0. The number of halogens is 3. The zero-order chi connectivity index (χ0) is 7.71. The van der Waals surface area contributed by atoms with E-state index < -0.39 is 18.2 Å². The second kappa shape index (κ2) is 2.17. The van der Waals surface area contributed by atoms with Gasteiger partial charge in [-0.3, -0.25) is 0 Å². The van der Waals surface area contributed by atoms with Crippen LogP contribution in [-0.2, 0) is 0 Å². The van der Waals surface area contributed by atoms with Gasteiger partial charge in [0.05, 0.1) is 12.0 Å². The lowest BCUT2D eigenvalue weighted by molar-refractivity contribution is -0.221. The van der Waals surface area contributed by atoms with Crippen LogP contribution in [0.5, 0.6) is 0 Å². The summed E-state index contributed by atoms with van der Waals surface area (Å²) in [6, 6.07) is 0. The number of aliphatic hydroxyl groups excluding tert-OH is 1. The summed E-state index contributed by atoms with van der Waals surface area (Å²) < 4.78 is 35.0. The summed E-state index contributed by atoms with van der Waals surface area (Å²) in [5.74, 6) is 0. The Kier molecular flexibility index (Phi) is 2.11. The zero-order valence-electron chi connectivity index (χ0n) is 5.29. The van der Waals surface area contributed by atoms with Crippen molar-refractivity contribution in [3.63, 3.8) is 0 Å². The van der Waals surface area contributed by atoms with Crippen molar-refractivity contribution < 1.29 is 18.3 Å². The van der Waals surface area contributed by atoms with E-state index >= 15 is 0 Å². The first kappa shape index (κ1) is 8.75. The first-order valence-electron chi connectivity index (χ1n) is 2.49. The van der Waals surface area contributed by atoms with Crippen LogP contribution in [0.2, 0.25) is 0 Å². The molecule has 0 amide bonds. The number of hydrogen-bond acceptors (Lipinski definition) is 1. The lowest BCUT2D eigenvalue weighted by atomic mass is 9.94. The fourth-order valence-electron chi connectivity index (χ4n) is 0.0896. The maximum absolute atomic E-state index is 11.7. The van der Waals surface area contributed by atoms with Gasteiger partial charge in [-0.2, -0.15) is 13.2 Å². The average molecular weight is 142 g/mol. The second-order valence-corrected chi connectivity index (χ2v) is 2.54. The molecule has 0 aromatic rings. The SMILES string of the molecule is CC(C)(CO)C(F)(F)F. The molecule has 1 N–H and O–H groups in total. The van der Waals surface area contributed by atoms with Crippen LogP contribution in [0, 0.1) is 5.41 Å². The minimum absolute atomic E-state index is 0.865. The van der Waals surface area contributed by atoms with Gasteiger partial charge in [0.1, 0.15) is 0 Å². The highest BCUT2D eigenvalue weighted by Crippen LogP contribution is 2.36. The maximum atomic E-state index is 11.7. The Morgan fingerprint density at radius 3 is 1.56 bits per heavy atom. The molecule has 1 nitrogen and oxygen atoms in total. The first-order valence-corrected chi connectivity index (χ1v) is 2.49. The minimum atomic E-state index is -4.30. The van der Waals surface area contributed by atoms with Crippen LogP contribution in [0.1, 0.15) is 13.8 Å². The Hall–Kier alpha value is -0.250. The van der Waals surface area contributed by atoms with Gasteiger partial charge >= 0.3 is 6.18 Å². The molecule has 56 valence electrons. The van der Waals surface area contributed by atoms with Gasteiger partial charge in [0.15, 0.2) is 0 Å². The predicted octanol–water partition coefficient (Wildman–Crippen LogP) is 1.57. The molecule has 0 rings (SSSR count). The molecule has 0 saturated carbocycles. The molecule has 0 radical (unpaired) electrons. The van der Waals surface area contributed by atoms with E-state index in [1.807, 2.05) is 0 Å². The van der Waals surface area contributed by atoms with E-state index in [1.165, 1.54) is 0 Å². The van der Waals surface area contributed by atoms with Crippen molar-refractivity contribution in [3.8, 4) is 0 Å². The minimum Gasteiger partial charge on any atom is -0.395 e. The molecule has 0 heterocycles. The Bertz CT molecular complexity index is 94.9. The highest BCUT2D eigenvalue weighted by molar-refractivity contribution is 4.75. The summed E-state index contributed by atoms with van der Waals surface area (Å²) in [6.45, 7) is 1.04. The number of rotatable bonds is 1. The Labute approximate surface area is 51.5 Å². The standard InChI is InChI=1S/C5H9F3O/c1-4(2,3-9)5(6,7)8/h9H,3H2,1-2H3. The van der Waals surface area contributed by atoms with E-state index in [0.29, 0.717) is 0 Å². The molecule has 0 unspecified atom stereocenters. The number of aliphatic hydroxyl groups is 1. The lowest BCUT2D eigenvalue weighted by Gasteiger charge is -2.24. The quantitative estimate of drug-likeness (QED) is 0.589. The highest BCUT2D eigenvalue weighted by atomic mass is 19.4. The Morgan fingerprint density at radius 1 is 1.22 bits per heavy atom. The van der Waals surface area contributed by atoms with Crippen molar-refractivity contribution in [2.75, 3.05) is 6.61 Å². The summed E-state index contributed by atoms with van der Waals surface area (Å²) in [5.41, 5.74) is -1.97. The van der Waals surface area contributed by atoms with E-state index in [-0.39, 0.29) is 0 Å². The molecule has 9 heavy (non-hydrogen) atoms. The van der Waals surface area contributed by atoms with Gasteiger partial charge in [0.2, 0.25) is 0 Å². The molecule has 0 saturated heterocycles. The smallest absolute Gasteiger partial charge is 0.395 e. The van der Waals surface area contributed by atoms with Crippen LogP contribution in [0.25, 0.3) is 0 Å². The van der Waals surface area contributed by atoms with Crippen molar-refractivity contribution in [1.29, 1.82) is 0 Å². The van der Waals surface area contributed by atoms with Gasteiger partial charge in [-0.15, -0.1) is 0 Å². The summed E-state index contributed by atoms with van der Waals surface area (Å²) in [4.78, 5) is 0. The molecule has 0 bridgehead atoms. The Balaban J connectivity index is 4.14. The van der Waals surface area contributed by atoms with E-state index in [0.717, 1.165) is 13.8 Å². The van der Waals surface area contributed by atoms with E-state index in [9.17, 15) is 13.2 Å². The molecule has 0 atom stereocenters. The molecule has 0 aliphatic rings. The predicted molar refractivity (Wildman–Crippen MR) is 26.9 cm³/mol. The van der Waals surface area contributed by atoms with Crippen LogP contribution < -0.4 is 0 Å². The zero-order valence-corrected chi connectivity index (χ0v) is 5.29. The largest absolute Gasteiger partial charge is 0.396 e. The van der Waals surface area contributed by atoms with E-state index in [4.69, 9.17) is 5.11 Å². The molecule has 4 heteroatoms. The van der Waals surface area contributed by atoms with Crippen molar-refractivity contribution >= 4 is 0 Å². The first-order chi connectivity index (χ1) is 3.81. The Morgan fingerprint density at radius 2 is 1.56 bits per heavy atom. The average Bonchev–Trinajstić information content (AvgIpc) is 1.64. The van der Waals surface area contributed by atoms with Gasteiger partial charge in [-0.1, -0.05) is 0 Å². The molecule has 0 aliphatic heterocycles. The van der Waals surface area contributed by atoms with Crippen LogP contribution in [-0.4, -0.2) is 17.9 Å². The number of hydrogen-bond donors (Lipinski definition) is 1. The second-order valence-electron chi connectivity index (χ2n) is 2.54. The monoisotopic (exact) mass is 142 g/mol. The lowest BCUT2D eigenvalue weighted by Crippen LogP contribution is -2.35. The van der Waals surface area contributed by atoms with Gasteiger partial charge in [0, 0.05) is 0 Å². The highest BCUT2D eigenvalue weighted by Gasteiger charge is 2.46. The molecule has 0 aliphatic carbocycles. The molecule has 0 fully saturated rings. The molecule has 0 spiro atoms. The molecular formula is C5H9F3O. The van der Waals surface area contributed by atoms with Crippen molar-refractivity contribution in [1.82, 2.24) is 0 Å². The fourth-order valence-corrected chi connectivity index (χ4v) is 0.0896. The van der Waals surface area contributed by atoms with Crippen molar-refractivity contribution in [2.45, 2.75) is 20.0 Å². The summed E-state index contributed by atoms with van der Waals surface area (Å²) in [5, 5.41) is 8.21.